The Morgan fingerprint density at radius 1 is 1.42 bits per heavy atom. The van der Waals surface area contributed by atoms with Gasteiger partial charge in [0.2, 0.25) is 0 Å². The summed E-state index contributed by atoms with van der Waals surface area (Å²) in [7, 11) is 5.58. The second kappa shape index (κ2) is 8.44. The number of carbonyl (C=O) groups excluding carboxylic acids is 1. The fourth-order valence-corrected chi connectivity index (χ4v) is 1.44. The number of aromatic nitrogens is 1. The molecule has 6 nitrogen and oxygen atoms in total. The summed E-state index contributed by atoms with van der Waals surface area (Å²) in [6, 6.07) is 3.44. The zero-order chi connectivity index (χ0) is 14.1. The molecule has 0 saturated carbocycles. The maximum atomic E-state index is 11.9. The number of methoxy groups -OCH3 is 1. The molecule has 19 heavy (non-hydrogen) atoms. The molecule has 0 aliphatic rings. The molecule has 1 rings (SSSR count). The summed E-state index contributed by atoms with van der Waals surface area (Å²) in [5.74, 6) is 0.594. The molecule has 0 bridgehead atoms. The lowest BCUT2D eigenvalue weighted by atomic mass is 10.2. The van der Waals surface area contributed by atoms with Crippen molar-refractivity contribution < 1.29 is 9.53 Å². The smallest absolute Gasteiger partial charge is 0.251 e. The first-order valence-electron chi connectivity index (χ1n) is 6.25. The number of likely N-dealkylation sites (N-methyl/N-ethyl adjacent to an activating group) is 1. The Bertz CT molecular complexity index is 396. The monoisotopic (exact) mass is 266 g/mol. The molecule has 1 heterocycles. The highest BCUT2D eigenvalue weighted by Crippen LogP contribution is 2.06. The summed E-state index contributed by atoms with van der Waals surface area (Å²) in [6.45, 7) is 2.70. The highest BCUT2D eigenvalue weighted by atomic mass is 16.5. The molecule has 2 N–H and O–H groups in total. The molecule has 1 amide bonds. The lowest BCUT2D eigenvalue weighted by molar-refractivity contribution is 0.0951. The number of anilines is 1. The molecular weight excluding hydrogens is 244 g/mol. The predicted molar refractivity (Wildman–Crippen MR) is 75.5 cm³/mol. The van der Waals surface area contributed by atoms with Crippen molar-refractivity contribution in [3.8, 4) is 0 Å². The summed E-state index contributed by atoms with van der Waals surface area (Å²) >= 11 is 0. The molecule has 0 saturated heterocycles. The van der Waals surface area contributed by atoms with Gasteiger partial charge in [0.1, 0.15) is 5.82 Å². The highest BCUT2D eigenvalue weighted by Gasteiger charge is 2.06. The minimum absolute atomic E-state index is 0.0842. The normalized spacial score (nSPS) is 10.5. The summed E-state index contributed by atoms with van der Waals surface area (Å²) in [6.07, 6.45) is 1.62. The lowest BCUT2D eigenvalue weighted by Gasteiger charge is -2.11. The van der Waals surface area contributed by atoms with Crippen molar-refractivity contribution in [3.05, 3.63) is 23.9 Å². The van der Waals surface area contributed by atoms with Crippen LogP contribution in [-0.2, 0) is 4.74 Å². The van der Waals surface area contributed by atoms with E-state index in [9.17, 15) is 4.79 Å². The van der Waals surface area contributed by atoms with E-state index in [0.29, 0.717) is 31.1 Å². The fraction of sp³-hybridized carbons (Fsp3) is 0.538. The van der Waals surface area contributed by atoms with Crippen LogP contribution in [0, 0.1) is 0 Å². The molecular formula is C13H22N4O2. The van der Waals surface area contributed by atoms with Crippen molar-refractivity contribution in [2.24, 2.45) is 0 Å². The van der Waals surface area contributed by atoms with Gasteiger partial charge in [0.05, 0.1) is 6.61 Å². The average molecular weight is 266 g/mol. The van der Waals surface area contributed by atoms with Crippen molar-refractivity contribution >= 4 is 11.7 Å². The first kappa shape index (κ1) is 15.4. The van der Waals surface area contributed by atoms with Crippen molar-refractivity contribution in [3.63, 3.8) is 0 Å². The summed E-state index contributed by atoms with van der Waals surface area (Å²) in [5, 5.41) is 5.95. The number of pyridine rings is 1. The van der Waals surface area contributed by atoms with Gasteiger partial charge in [-0.15, -0.1) is 0 Å². The zero-order valence-electron chi connectivity index (χ0n) is 11.8. The van der Waals surface area contributed by atoms with E-state index in [1.165, 1.54) is 0 Å². The molecule has 0 radical (unpaired) electrons. The molecule has 0 spiro atoms. The second-order valence-electron chi connectivity index (χ2n) is 4.41. The Kier molecular flexibility index (Phi) is 6.84. The van der Waals surface area contributed by atoms with E-state index < -0.39 is 0 Å². The third-order valence-corrected chi connectivity index (χ3v) is 2.48. The Labute approximate surface area is 114 Å². The Hall–Kier alpha value is -1.66. The van der Waals surface area contributed by atoms with Crippen LogP contribution in [0.15, 0.2) is 18.3 Å². The van der Waals surface area contributed by atoms with Gasteiger partial charge in [-0.3, -0.25) is 4.79 Å². The van der Waals surface area contributed by atoms with Crippen molar-refractivity contribution in [2.75, 3.05) is 52.8 Å². The van der Waals surface area contributed by atoms with Crippen LogP contribution < -0.4 is 10.6 Å². The van der Waals surface area contributed by atoms with Crippen LogP contribution in [0.3, 0.4) is 0 Å². The van der Waals surface area contributed by atoms with Crippen LogP contribution in [0.2, 0.25) is 0 Å². The van der Waals surface area contributed by atoms with Gasteiger partial charge in [-0.1, -0.05) is 0 Å². The third kappa shape index (κ3) is 6.17. The first-order chi connectivity index (χ1) is 9.13. The van der Waals surface area contributed by atoms with E-state index in [1.54, 1.807) is 25.4 Å². The number of hydrogen-bond acceptors (Lipinski definition) is 5. The average Bonchev–Trinajstić information content (AvgIpc) is 2.39. The highest BCUT2D eigenvalue weighted by molar-refractivity contribution is 5.94. The van der Waals surface area contributed by atoms with E-state index in [2.05, 4.69) is 15.6 Å². The van der Waals surface area contributed by atoms with Crippen LogP contribution in [0.4, 0.5) is 5.82 Å². The van der Waals surface area contributed by atoms with Gasteiger partial charge in [0.15, 0.2) is 0 Å². The summed E-state index contributed by atoms with van der Waals surface area (Å²) in [5.41, 5.74) is 0.605. The van der Waals surface area contributed by atoms with Gasteiger partial charge >= 0.3 is 0 Å². The molecule has 0 aliphatic heterocycles. The first-order valence-corrected chi connectivity index (χ1v) is 6.25. The number of amides is 1. The van der Waals surface area contributed by atoms with Crippen LogP contribution in [0.5, 0.6) is 0 Å². The summed E-state index contributed by atoms with van der Waals surface area (Å²) in [4.78, 5) is 18.1. The molecule has 0 aromatic carbocycles. The Balaban J connectivity index is 2.48. The largest absolute Gasteiger partial charge is 0.383 e. The van der Waals surface area contributed by atoms with Gasteiger partial charge < -0.3 is 20.3 Å². The van der Waals surface area contributed by atoms with E-state index >= 15 is 0 Å². The van der Waals surface area contributed by atoms with Crippen LogP contribution in [0.25, 0.3) is 0 Å². The number of ether oxygens (including phenoxy) is 1. The molecule has 6 heteroatoms. The van der Waals surface area contributed by atoms with Crippen molar-refractivity contribution in [2.45, 2.75) is 0 Å². The number of rotatable bonds is 8. The van der Waals surface area contributed by atoms with E-state index in [1.807, 2.05) is 19.0 Å². The van der Waals surface area contributed by atoms with E-state index in [4.69, 9.17) is 4.74 Å². The molecule has 1 aromatic heterocycles. The third-order valence-electron chi connectivity index (χ3n) is 2.48. The quantitative estimate of drug-likeness (QED) is 0.668. The van der Waals surface area contributed by atoms with Crippen LogP contribution in [-0.4, -0.2) is 63.2 Å². The lowest BCUT2D eigenvalue weighted by Crippen LogP contribution is -2.31. The number of hydrogen-bond donors (Lipinski definition) is 2. The second-order valence-corrected chi connectivity index (χ2v) is 4.41. The van der Waals surface area contributed by atoms with E-state index in [0.717, 1.165) is 6.54 Å². The maximum Gasteiger partial charge on any atom is 0.251 e. The topological polar surface area (TPSA) is 66.5 Å². The Morgan fingerprint density at radius 3 is 2.89 bits per heavy atom. The standard InChI is InChI=1S/C13H22N4O2/c1-17(2)8-6-16-13(18)11-4-5-14-12(10-11)15-7-9-19-3/h4-5,10H,6-9H2,1-3H3,(H,14,15)(H,16,18). The van der Waals surface area contributed by atoms with Gasteiger partial charge in [-0.25, -0.2) is 4.98 Å². The minimum Gasteiger partial charge on any atom is -0.383 e. The molecule has 1 aromatic rings. The van der Waals surface area contributed by atoms with Crippen LogP contribution in [0.1, 0.15) is 10.4 Å². The Morgan fingerprint density at radius 2 is 2.21 bits per heavy atom. The number of carbonyl (C=O) groups is 1. The minimum atomic E-state index is -0.0842. The number of nitrogens with zero attached hydrogens (tertiary/aromatic N) is 2. The SMILES string of the molecule is COCCNc1cc(C(=O)NCCN(C)C)ccn1. The molecule has 0 unspecified atom stereocenters. The molecule has 106 valence electrons. The van der Waals surface area contributed by atoms with Gasteiger partial charge in [0, 0.05) is 38.5 Å². The predicted octanol–water partition coefficient (Wildman–Crippen LogP) is 0.431. The van der Waals surface area contributed by atoms with Gasteiger partial charge in [-0.05, 0) is 26.2 Å². The van der Waals surface area contributed by atoms with E-state index in [-0.39, 0.29) is 5.91 Å². The van der Waals surface area contributed by atoms with Gasteiger partial charge in [-0.2, -0.15) is 0 Å². The zero-order valence-corrected chi connectivity index (χ0v) is 11.8. The molecule has 0 fully saturated rings. The van der Waals surface area contributed by atoms with Crippen molar-refractivity contribution in [1.29, 1.82) is 0 Å². The summed E-state index contributed by atoms with van der Waals surface area (Å²) < 4.78 is 4.94. The maximum absolute atomic E-state index is 11.9. The fourth-order valence-electron chi connectivity index (χ4n) is 1.44. The molecule has 0 atom stereocenters. The molecule has 0 aliphatic carbocycles. The van der Waals surface area contributed by atoms with Crippen LogP contribution >= 0.6 is 0 Å². The van der Waals surface area contributed by atoms with Crippen molar-refractivity contribution in [1.82, 2.24) is 15.2 Å². The van der Waals surface area contributed by atoms with Gasteiger partial charge in [0.25, 0.3) is 5.91 Å². The number of nitrogens with one attached hydrogen (secondary N) is 2.